The number of nitrogens with zero attached hydrogens (tertiary/aromatic N) is 1. The first-order chi connectivity index (χ1) is 10.2. The standard InChI is InChI=1S/C16H13ClN2O2/c17-15-6-5-14(21-15)16(20)19-8-7-13-11(9-19)10-3-1-2-4-12(10)18-13/h1-6,18H,7-9H2. The van der Waals surface area contributed by atoms with Gasteiger partial charge in [0.15, 0.2) is 11.0 Å². The van der Waals surface area contributed by atoms with Crippen molar-refractivity contribution in [1.29, 1.82) is 0 Å². The Balaban J connectivity index is 1.68. The van der Waals surface area contributed by atoms with E-state index < -0.39 is 0 Å². The lowest BCUT2D eigenvalue weighted by Gasteiger charge is -2.26. The topological polar surface area (TPSA) is 49.2 Å². The summed E-state index contributed by atoms with van der Waals surface area (Å²) in [7, 11) is 0. The maximum Gasteiger partial charge on any atom is 0.289 e. The Morgan fingerprint density at radius 3 is 2.90 bits per heavy atom. The Labute approximate surface area is 126 Å². The minimum atomic E-state index is -0.113. The quantitative estimate of drug-likeness (QED) is 0.746. The number of carbonyl (C=O) groups excluding carboxylic acids is 1. The summed E-state index contributed by atoms with van der Waals surface area (Å²) in [5.41, 5.74) is 3.54. The molecular formula is C16H13ClN2O2. The van der Waals surface area contributed by atoms with E-state index in [2.05, 4.69) is 17.1 Å². The third-order valence-corrected chi connectivity index (χ3v) is 4.16. The van der Waals surface area contributed by atoms with Crippen LogP contribution in [0.25, 0.3) is 10.9 Å². The Morgan fingerprint density at radius 2 is 2.10 bits per heavy atom. The van der Waals surface area contributed by atoms with Crippen molar-refractivity contribution in [2.75, 3.05) is 6.54 Å². The number of hydrogen-bond donors (Lipinski definition) is 1. The fourth-order valence-corrected chi connectivity index (χ4v) is 3.07. The van der Waals surface area contributed by atoms with Gasteiger partial charge in [-0.2, -0.15) is 0 Å². The molecule has 0 unspecified atom stereocenters. The fourth-order valence-electron chi connectivity index (χ4n) is 2.92. The predicted octanol–water partition coefficient (Wildman–Crippen LogP) is 3.61. The molecule has 3 aromatic rings. The molecule has 0 atom stereocenters. The largest absolute Gasteiger partial charge is 0.440 e. The minimum Gasteiger partial charge on any atom is -0.440 e. The normalized spacial score (nSPS) is 14.4. The molecule has 106 valence electrons. The molecular weight excluding hydrogens is 288 g/mol. The molecule has 21 heavy (non-hydrogen) atoms. The molecule has 5 heteroatoms. The van der Waals surface area contributed by atoms with E-state index >= 15 is 0 Å². The van der Waals surface area contributed by atoms with Crippen molar-refractivity contribution in [2.24, 2.45) is 0 Å². The van der Waals surface area contributed by atoms with Crippen LogP contribution < -0.4 is 0 Å². The maximum atomic E-state index is 12.4. The number of H-pyrrole nitrogens is 1. The smallest absolute Gasteiger partial charge is 0.289 e. The van der Waals surface area contributed by atoms with Crippen LogP contribution in [0.2, 0.25) is 5.22 Å². The summed E-state index contributed by atoms with van der Waals surface area (Å²) >= 11 is 5.74. The molecule has 1 amide bonds. The Bertz CT molecular complexity index is 834. The van der Waals surface area contributed by atoms with Crippen LogP contribution in [0.4, 0.5) is 0 Å². The van der Waals surface area contributed by atoms with Crippen LogP contribution in [0.15, 0.2) is 40.8 Å². The van der Waals surface area contributed by atoms with E-state index in [-0.39, 0.29) is 11.1 Å². The van der Waals surface area contributed by atoms with Crippen molar-refractivity contribution in [1.82, 2.24) is 9.88 Å². The van der Waals surface area contributed by atoms with E-state index in [1.165, 1.54) is 16.6 Å². The second-order valence-corrected chi connectivity index (χ2v) is 5.58. The van der Waals surface area contributed by atoms with Gasteiger partial charge in [0, 0.05) is 41.7 Å². The molecule has 1 aliphatic rings. The van der Waals surface area contributed by atoms with Crippen LogP contribution in [0, 0.1) is 0 Å². The van der Waals surface area contributed by atoms with Crippen molar-refractivity contribution >= 4 is 28.4 Å². The van der Waals surface area contributed by atoms with E-state index in [0.29, 0.717) is 18.8 Å². The van der Waals surface area contributed by atoms with Crippen molar-refractivity contribution in [2.45, 2.75) is 13.0 Å². The number of aromatic amines is 1. The third-order valence-electron chi connectivity index (χ3n) is 3.95. The molecule has 0 radical (unpaired) electrons. The number of halogens is 1. The summed E-state index contributed by atoms with van der Waals surface area (Å²) < 4.78 is 5.22. The molecule has 3 heterocycles. The number of nitrogens with one attached hydrogen (secondary N) is 1. The average molecular weight is 301 g/mol. The Hall–Kier alpha value is -2.20. The van der Waals surface area contributed by atoms with Crippen molar-refractivity contribution in [3.8, 4) is 0 Å². The molecule has 0 saturated heterocycles. The maximum absolute atomic E-state index is 12.4. The summed E-state index contributed by atoms with van der Waals surface area (Å²) in [6, 6.07) is 11.4. The van der Waals surface area contributed by atoms with E-state index in [0.717, 1.165) is 11.9 Å². The van der Waals surface area contributed by atoms with Gasteiger partial charge >= 0.3 is 0 Å². The highest BCUT2D eigenvalue weighted by Gasteiger charge is 2.26. The Kier molecular flexibility index (Phi) is 2.79. The van der Waals surface area contributed by atoms with E-state index in [9.17, 15) is 4.79 Å². The van der Waals surface area contributed by atoms with Crippen LogP contribution in [0.1, 0.15) is 21.8 Å². The van der Waals surface area contributed by atoms with Gasteiger partial charge in [-0.15, -0.1) is 0 Å². The lowest BCUT2D eigenvalue weighted by Crippen LogP contribution is -2.35. The Morgan fingerprint density at radius 1 is 1.24 bits per heavy atom. The molecule has 0 spiro atoms. The number of para-hydroxylation sites is 1. The monoisotopic (exact) mass is 300 g/mol. The average Bonchev–Trinajstić information content (AvgIpc) is 3.09. The molecule has 0 fully saturated rings. The van der Waals surface area contributed by atoms with Crippen LogP contribution in [-0.4, -0.2) is 22.3 Å². The summed E-state index contributed by atoms with van der Waals surface area (Å²) in [5, 5.41) is 1.42. The molecule has 0 saturated carbocycles. The van der Waals surface area contributed by atoms with Crippen LogP contribution in [0.3, 0.4) is 0 Å². The van der Waals surface area contributed by atoms with Crippen molar-refractivity contribution in [3.05, 3.63) is 58.6 Å². The van der Waals surface area contributed by atoms with Crippen molar-refractivity contribution in [3.63, 3.8) is 0 Å². The summed E-state index contributed by atoms with van der Waals surface area (Å²) in [6.45, 7) is 1.27. The van der Waals surface area contributed by atoms with Crippen LogP contribution in [-0.2, 0) is 13.0 Å². The second-order valence-electron chi connectivity index (χ2n) is 5.21. The summed E-state index contributed by atoms with van der Waals surface area (Å²) in [6.07, 6.45) is 0.824. The summed E-state index contributed by atoms with van der Waals surface area (Å²) in [4.78, 5) is 17.7. The van der Waals surface area contributed by atoms with Gasteiger partial charge in [-0.1, -0.05) is 18.2 Å². The zero-order valence-electron chi connectivity index (χ0n) is 11.2. The molecule has 0 aliphatic carbocycles. The lowest BCUT2D eigenvalue weighted by atomic mass is 10.0. The summed E-state index contributed by atoms with van der Waals surface area (Å²) in [5.74, 6) is 0.182. The number of amides is 1. The van der Waals surface area contributed by atoms with Crippen LogP contribution >= 0.6 is 11.6 Å². The first-order valence-corrected chi connectivity index (χ1v) is 7.23. The molecule has 2 aromatic heterocycles. The molecule has 1 aromatic carbocycles. The van der Waals surface area contributed by atoms with Gasteiger partial charge in [-0.05, 0) is 29.8 Å². The number of carbonyl (C=O) groups is 1. The third kappa shape index (κ3) is 2.03. The molecule has 4 nitrogen and oxygen atoms in total. The first-order valence-electron chi connectivity index (χ1n) is 6.85. The van der Waals surface area contributed by atoms with Gasteiger partial charge in [-0.25, -0.2) is 0 Å². The second kappa shape index (κ2) is 4.67. The van der Waals surface area contributed by atoms with E-state index in [1.54, 1.807) is 17.0 Å². The first kappa shape index (κ1) is 12.5. The predicted molar refractivity (Wildman–Crippen MR) is 80.5 cm³/mol. The van der Waals surface area contributed by atoms with Crippen LogP contribution in [0.5, 0.6) is 0 Å². The van der Waals surface area contributed by atoms with Crippen molar-refractivity contribution < 1.29 is 9.21 Å². The number of aromatic nitrogens is 1. The van der Waals surface area contributed by atoms with E-state index in [1.807, 2.05) is 12.1 Å². The number of fused-ring (bicyclic) bond motifs is 3. The highest BCUT2D eigenvalue weighted by atomic mass is 35.5. The van der Waals surface area contributed by atoms with Gasteiger partial charge < -0.3 is 14.3 Å². The number of benzene rings is 1. The molecule has 1 aliphatic heterocycles. The fraction of sp³-hybridized carbons (Fsp3) is 0.188. The molecule has 1 N–H and O–H groups in total. The SMILES string of the molecule is O=C(c1ccc(Cl)o1)N1CCc2[nH]c3ccccc3c2C1. The van der Waals surface area contributed by atoms with Gasteiger partial charge in [0.25, 0.3) is 5.91 Å². The molecule has 4 rings (SSSR count). The zero-order chi connectivity index (χ0) is 14.4. The number of hydrogen-bond acceptors (Lipinski definition) is 2. The highest BCUT2D eigenvalue weighted by molar-refractivity contribution is 6.29. The molecule has 0 bridgehead atoms. The zero-order valence-corrected chi connectivity index (χ0v) is 12.0. The van der Waals surface area contributed by atoms with Gasteiger partial charge in [0.1, 0.15) is 0 Å². The number of rotatable bonds is 1. The lowest BCUT2D eigenvalue weighted by molar-refractivity contribution is 0.0703. The van der Waals surface area contributed by atoms with E-state index in [4.69, 9.17) is 16.0 Å². The minimum absolute atomic E-state index is 0.113. The van der Waals surface area contributed by atoms with Gasteiger partial charge in [0.05, 0.1) is 0 Å². The van der Waals surface area contributed by atoms with Gasteiger partial charge in [-0.3, -0.25) is 4.79 Å². The number of furan rings is 1. The highest BCUT2D eigenvalue weighted by Crippen LogP contribution is 2.28. The van der Waals surface area contributed by atoms with Gasteiger partial charge in [0.2, 0.25) is 0 Å².